The van der Waals surface area contributed by atoms with Crippen molar-refractivity contribution in [3.63, 3.8) is 0 Å². The van der Waals surface area contributed by atoms with E-state index in [1.165, 1.54) is 0 Å². The first kappa shape index (κ1) is 12.7. The summed E-state index contributed by atoms with van der Waals surface area (Å²) < 4.78 is 5.40. The zero-order valence-corrected chi connectivity index (χ0v) is 11.5. The highest BCUT2D eigenvalue weighted by Crippen LogP contribution is 2.38. The van der Waals surface area contributed by atoms with Crippen LogP contribution in [0.5, 0.6) is 0 Å². The molecule has 1 aromatic heterocycles. The number of nitrogens with zero attached hydrogens (tertiary/aromatic N) is 2. The van der Waals surface area contributed by atoms with E-state index in [9.17, 15) is 4.79 Å². The molecule has 1 spiro atoms. The fourth-order valence-corrected chi connectivity index (χ4v) is 2.87. The highest BCUT2D eigenvalue weighted by atomic mass is 35.5. The number of aromatic nitrogens is 1. The van der Waals surface area contributed by atoms with E-state index in [-0.39, 0.29) is 11.4 Å². The lowest BCUT2D eigenvalue weighted by molar-refractivity contribution is 0.0255. The number of urea groups is 1. The first-order valence-electron chi connectivity index (χ1n) is 6.34. The predicted octanol–water partition coefficient (Wildman–Crippen LogP) is 2.30. The zero-order chi connectivity index (χ0) is 13.5. The highest BCUT2D eigenvalue weighted by Gasteiger charge is 2.47. The van der Waals surface area contributed by atoms with Gasteiger partial charge in [-0.25, -0.2) is 9.78 Å². The highest BCUT2D eigenvalue weighted by molar-refractivity contribution is 6.29. The number of rotatable bonds is 1. The molecule has 2 aliphatic rings. The van der Waals surface area contributed by atoms with E-state index >= 15 is 0 Å². The molecule has 2 saturated heterocycles. The third-order valence-corrected chi connectivity index (χ3v) is 4.05. The number of halogens is 1. The van der Waals surface area contributed by atoms with Crippen LogP contribution in [0.2, 0.25) is 5.15 Å². The Morgan fingerprint density at radius 2 is 2.37 bits per heavy atom. The average Bonchev–Trinajstić information content (AvgIpc) is 2.80. The number of nitrogens with one attached hydrogen (secondary N) is 1. The van der Waals surface area contributed by atoms with Gasteiger partial charge in [-0.2, -0.15) is 0 Å². The largest absolute Gasteiger partial charge is 0.381 e. The molecule has 1 aromatic rings. The summed E-state index contributed by atoms with van der Waals surface area (Å²) in [7, 11) is 0. The lowest BCUT2D eigenvalue weighted by Crippen LogP contribution is -2.59. The van der Waals surface area contributed by atoms with Crippen LogP contribution in [0, 0.1) is 12.3 Å². The second-order valence-electron chi connectivity index (χ2n) is 5.41. The van der Waals surface area contributed by atoms with Gasteiger partial charge in [0.2, 0.25) is 0 Å². The summed E-state index contributed by atoms with van der Waals surface area (Å²) in [5.74, 6) is 0. The van der Waals surface area contributed by atoms with Gasteiger partial charge < -0.3 is 15.0 Å². The van der Waals surface area contributed by atoms with Crippen molar-refractivity contribution in [2.75, 3.05) is 31.6 Å². The summed E-state index contributed by atoms with van der Waals surface area (Å²) in [5, 5.41) is 3.30. The van der Waals surface area contributed by atoms with Gasteiger partial charge in [0.05, 0.1) is 18.5 Å². The summed E-state index contributed by atoms with van der Waals surface area (Å²) >= 11 is 5.79. The molecule has 0 radical (unpaired) electrons. The van der Waals surface area contributed by atoms with Gasteiger partial charge >= 0.3 is 6.03 Å². The molecule has 0 aliphatic carbocycles. The Bertz CT molecular complexity index is 507. The Balaban J connectivity index is 1.60. The second kappa shape index (κ2) is 4.65. The van der Waals surface area contributed by atoms with E-state index in [0.717, 1.165) is 38.3 Å². The number of carbonyl (C=O) groups is 1. The average molecular weight is 282 g/mol. The maximum Gasteiger partial charge on any atom is 0.321 e. The molecule has 0 saturated carbocycles. The molecule has 2 fully saturated rings. The van der Waals surface area contributed by atoms with E-state index in [1.807, 2.05) is 11.8 Å². The normalized spacial score (nSPS) is 20.4. The third kappa shape index (κ3) is 2.40. The minimum atomic E-state index is -0.0789. The summed E-state index contributed by atoms with van der Waals surface area (Å²) in [4.78, 5) is 17.9. The molecule has 2 aliphatic heterocycles. The molecule has 3 rings (SSSR count). The Morgan fingerprint density at radius 1 is 1.58 bits per heavy atom. The van der Waals surface area contributed by atoms with Crippen molar-refractivity contribution >= 4 is 23.3 Å². The standard InChI is InChI=1S/C13H16ClN3O2/c1-9-4-11(14)15-5-10(9)16-12(18)17-6-13(7-17)2-3-19-8-13/h4-5H,2-3,6-8H2,1H3,(H,16,18). The molecule has 19 heavy (non-hydrogen) atoms. The number of ether oxygens (including phenoxy) is 1. The molecule has 6 heteroatoms. The van der Waals surface area contributed by atoms with Crippen molar-refractivity contribution in [1.82, 2.24) is 9.88 Å². The van der Waals surface area contributed by atoms with Crippen LogP contribution >= 0.6 is 11.6 Å². The van der Waals surface area contributed by atoms with Crippen LogP contribution in [-0.2, 0) is 4.74 Å². The minimum Gasteiger partial charge on any atom is -0.381 e. The lowest BCUT2D eigenvalue weighted by Gasteiger charge is -2.46. The van der Waals surface area contributed by atoms with Crippen molar-refractivity contribution < 1.29 is 9.53 Å². The Hall–Kier alpha value is -1.33. The van der Waals surface area contributed by atoms with Crippen molar-refractivity contribution in [3.05, 3.63) is 23.0 Å². The third-order valence-electron chi connectivity index (χ3n) is 3.84. The van der Waals surface area contributed by atoms with Crippen LogP contribution in [0.1, 0.15) is 12.0 Å². The summed E-state index contributed by atoms with van der Waals surface area (Å²) in [6.45, 7) is 5.04. The van der Waals surface area contributed by atoms with Crippen LogP contribution < -0.4 is 5.32 Å². The van der Waals surface area contributed by atoms with E-state index in [0.29, 0.717) is 10.8 Å². The predicted molar refractivity (Wildman–Crippen MR) is 72.4 cm³/mol. The van der Waals surface area contributed by atoms with E-state index in [1.54, 1.807) is 12.3 Å². The summed E-state index contributed by atoms with van der Waals surface area (Å²) in [6, 6.07) is 1.66. The van der Waals surface area contributed by atoms with Gasteiger partial charge in [0.1, 0.15) is 5.15 Å². The monoisotopic (exact) mass is 281 g/mol. The number of carbonyl (C=O) groups excluding carboxylic acids is 1. The molecular formula is C13H16ClN3O2. The summed E-state index contributed by atoms with van der Waals surface area (Å²) in [5.41, 5.74) is 1.83. The van der Waals surface area contributed by atoms with Crippen molar-refractivity contribution in [2.45, 2.75) is 13.3 Å². The number of aryl methyl sites for hydroxylation is 1. The maximum absolute atomic E-state index is 12.1. The van der Waals surface area contributed by atoms with Crippen molar-refractivity contribution in [3.8, 4) is 0 Å². The smallest absolute Gasteiger partial charge is 0.321 e. The Labute approximate surface area is 116 Å². The molecule has 0 aromatic carbocycles. The quantitative estimate of drug-likeness (QED) is 0.804. The number of amides is 2. The first-order chi connectivity index (χ1) is 9.08. The molecule has 3 heterocycles. The molecule has 5 nitrogen and oxygen atoms in total. The molecule has 1 N–H and O–H groups in total. The van der Waals surface area contributed by atoms with E-state index < -0.39 is 0 Å². The van der Waals surface area contributed by atoms with Crippen molar-refractivity contribution in [1.29, 1.82) is 0 Å². The minimum absolute atomic E-state index is 0.0789. The molecular weight excluding hydrogens is 266 g/mol. The van der Waals surface area contributed by atoms with Crippen LogP contribution in [0.15, 0.2) is 12.3 Å². The SMILES string of the molecule is Cc1cc(Cl)ncc1NC(=O)N1CC2(CCOC2)C1. The molecule has 102 valence electrons. The summed E-state index contributed by atoms with van der Waals surface area (Å²) in [6.07, 6.45) is 2.64. The number of pyridine rings is 1. The van der Waals surface area contributed by atoms with Gasteiger partial charge in [-0.05, 0) is 25.0 Å². The molecule has 2 amide bonds. The van der Waals surface area contributed by atoms with Crippen LogP contribution in [-0.4, -0.2) is 42.2 Å². The zero-order valence-electron chi connectivity index (χ0n) is 10.8. The van der Waals surface area contributed by atoms with Gasteiger partial charge in [-0.1, -0.05) is 11.6 Å². The number of hydrogen-bond acceptors (Lipinski definition) is 3. The van der Waals surface area contributed by atoms with Gasteiger partial charge in [0, 0.05) is 25.1 Å². The van der Waals surface area contributed by atoms with Crippen LogP contribution in [0.25, 0.3) is 0 Å². The lowest BCUT2D eigenvalue weighted by atomic mass is 9.79. The van der Waals surface area contributed by atoms with E-state index in [4.69, 9.17) is 16.3 Å². The topological polar surface area (TPSA) is 54.5 Å². The molecule has 0 atom stereocenters. The fraction of sp³-hybridized carbons (Fsp3) is 0.538. The van der Waals surface area contributed by atoms with Gasteiger partial charge in [0.15, 0.2) is 0 Å². The van der Waals surface area contributed by atoms with Gasteiger partial charge in [0.25, 0.3) is 0 Å². The fourth-order valence-electron chi connectivity index (χ4n) is 2.65. The maximum atomic E-state index is 12.1. The van der Waals surface area contributed by atoms with Crippen molar-refractivity contribution in [2.24, 2.45) is 5.41 Å². The number of hydrogen-bond donors (Lipinski definition) is 1. The van der Waals surface area contributed by atoms with E-state index in [2.05, 4.69) is 10.3 Å². The van der Waals surface area contributed by atoms with Crippen LogP contribution in [0.3, 0.4) is 0 Å². The van der Waals surface area contributed by atoms with Gasteiger partial charge in [-0.3, -0.25) is 0 Å². The number of anilines is 1. The molecule has 0 bridgehead atoms. The Morgan fingerprint density at radius 3 is 3.00 bits per heavy atom. The molecule has 0 unspecified atom stereocenters. The number of likely N-dealkylation sites (tertiary alicyclic amines) is 1. The second-order valence-corrected chi connectivity index (χ2v) is 5.80. The Kier molecular flexibility index (Phi) is 3.11. The first-order valence-corrected chi connectivity index (χ1v) is 6.72. The van der Waals surface area contributed by atoms with Crippen LogP contribution in [0.4, 0.5) is 10.5 Å². The van der Waals surface area contributed by atoms with Gasteiger partial charge in [-0.15, -0.1) is 0 Å².